The zero-order valence-corrected chi connectivity index (χ0v) is 19.0. The third-order valence-corrected chi connectivity index (χ3v) is 6.20. The lowest BCUT2D eigenvalue weighted by molar-refractivity contribution is 0.180. The molecule has 33 heavy (non-hydrogen) atoms. The van der Waals surface area contributed by atoms with Crippen LogP contribution in [0.5, 0.6) is 5.75 Å². The second-order valence-electron chi connectivity index (χ2n) is 8.03. The number of ether oxygens (including phenoxy) is 1. The molecule has 2 amide bonds. The zero-order chi connectivity index (χ0) is 22.8. The van der Waals surface area contributed by atoms with E-state index in [2.05, 4.69) is 28.1 Å². The molecule has 0 bridgehead atoms. The fourth-order valence-electron chi connectivity index (χ4n) is 4.43. The van der Waals surface area contributed by atoms with Crippen molar-refractivity contribution in [1.82, 2.24) is 14.8 Å². The Morgan fingerprint density at radius 2 is 1.88 bits per heavy atom. The van der Waals surface area contributed by atoms with Crippen molar-refractivity contribution < 1.29 is 9.53 Å². The molecule has 166 valence electrons. The molecule has 3 aromatic carbocycles. The summed E-state index contributed by atoms with van der Waals surface area (Å²) < 4.78 is 7.47. The number of fused-ring (bicyclic) bond motifs is 3. The third-order valence-electron chi connectivity index (χ3n) is 5.97. The number of halogens is 1. The average molecular weight is 458 g/mol. The minimum Gasteiger partial charge on any atom is -0.497 e. The molecule has 1 atom stereocenters. The maximum absolute atomic E-state index is 13.6. The van der Waals surface area contributed by atoms with Gasteiger partial charge in [0.05, 0.1) is 25.4 Å². The number of amides is 2. The molecule has 1 aliphatic rings. The van der Waals surface area contributed by atoms with E-state index in [4.69, 9.17) is 16.3 Å². The number of rotatable bonds is 4. The number of hydrogen-bond donors (Lipinski definition) is 1. The van der Waals surface area contributed by atoms with Gasteiger partial charge in [-0.1, -0.05) is 54.1 Å². The Bertz CT molecular complexity index is 1300. The van der Waals surface area contributed by atoms with E-state index >= 15 is 0 Å². The van der Waals surface area contributed by atoms with Crippen LogP contribution in [-0.4, -0.2) is 22.6 Å². The van der Waals surface area contributed by atoms with E-state index in [9.17, 15) is 4.79 Å². The largest absolute Gasteiger partial charge is 0.497 e. The summed E-state index contributed by atoms with van der Waals surface area (Å²) in [6.45, 7) is 0.871. The number of carbonyl (C=O) groups excluding carboxylic acids is 1. The molecule has 1 aromatic heterocycles. The van der Waals surface area contributed by atoms with Gasteiger partial charge in [-0.15, -0.1) is 0 Å². The molecule has 0 fully saturated rings. The number of methoxy groups -OCH3 is 1. The fourth-order valence-corrected chi connectivity index (χ4v) is 4.63. The van der Waals surface area contributed by atoms with Gasteiger partial charge in [-0.05, 0) is 59.2 Å². The van der Waals surface area contributed by atoms with Crippen LogP contribution in [0.3, 0.4) is 0 Å². The first-order valence-corrected chi connectivity index (χ1v) is 11.2. The van der Waals surface area contributed by atoms with Crippen LogP contribution in [0.2, 0.25) is 5.02 Å². The number of benzene rings is 3. The number of urea groups is 1. The van der Waals surface area contributed by atoms with E-state index in [0.717, 1.165) is 33.8 Å². The molecule has 5 nitrogen and oxygen atoms in total. The van der Waals surface area contributed by atoms with E-state index < -0.39 is 0 Å². The number of para-hydroxylation sites is 1. The smallest absolute Gasteiger partial charge is 0.318 e. The topological polar surface area (TPSA) is 46.5 Å². The van der Waals surface area contributed by atoms with Crippen LogP contribution >= 0.6 is 11.6 Å². The number of nitrogens with zero attached hydrogens (tertiary/aromatic N) is 2. The molecule has 0 aliphatic carbocycles. The molecular weight excluding hydrogens is 434 g/mol. The predicted molar refractivity (Wildman–Crippen MR) is 130 cm³/mol. The quantitative estimate of drug-likeness (QED) is 0.411. The summed E-state index contributed by atoms with van der Waals surface area (Å²) in [6, 6.07) is 27.3. The molecule has 1 aliphatic heterocycles. The normalized spacial score (nSPS) is 14.7. The van der Waals surface area contributed by atoms with Gasteiger partial charge in [-0.3, -0.25) is 0 Å². The standard InChI is InChI=1S/C27H24ClN3O2/c1-33-23-11-4-7-19(15-23)17-29-27(32)31-18-21-8-2-3-12-24(21)30-14-6-13-25(30)26(31)20-9-5-10-22(28)16-20/h2-16,26H,17-18H2,1H3,(H,29,32)/t26-/m0/s1. The van der Waals surface area contributed by atoms with E-state index in [0.29, 0.717) is 18.1 Å². The van der Waals surface area contributed by atoms with E-state index in [1.165, 1.54) is 0 Å². The number of aromatic nitrogens is 1. The van der Waals surface area contributed by atoms with Crippen molar-refractivity contribution in [3.05, 3.63) is 119 Å². The Hall–Kier alpha value is -3.70. The molecule has 4 aromatic rings. The van der Waals surface area contributed by atoms with E-state index in [1.54, 1.807) is 7.11 Å². The summed E-state index contributed by atoms with van der Waals surface area (Å²) in [5, 5.41) is 3.75. The van der Waals surface area contributed by atoms with Crippen molar-refractivity contribution in [1.29, 1.82) is 0 Å². The van der Waals surface area contributed by atoms with Crippen molar-refractivity contribution in [3.8, 4) is 11.4 Å². The summed E-state index contributed by atoms with van der Waals surface area (Å²) >= 11 is 6.35. The Balaban J connectivity index is 1.54. The highest BCUT2D eigenvalue weighted by Crippen LogP contribution is 2.37. The van der Waals surface area contributed by atoms with Crippen molar-refractivity contribution in [3.63, 3.8) is 0 Å². The second kappa shape index (κ2) is 9.04. The minimum atomic E-state index is -0.295. The van der Waals surface area contributed by atoms with Crippen molar-refractivity contribution in [2.75, 3.05) is 7.11 Å². The summed E-state index contributed by atoms with van der Waals surface area (Å²) in [4.78, 5) is 15.5. The van der Waals surface area contributed by atoms with Gasteiger partial charge in [0, 0.05) is 23.5 Å². The molecule has 6 heteroatoms. The average Bonchev–Trinajstić information content (AvgIpc) is 3.27. The zero-order valence-electron chi connectivity index (χ0n) is 18.2. The fraction of sp³-hybridized carbons (Fsp3) is 0.148. The lowest BCUT2D eigenvalue weighted by Crippen LogP contribution is -2.41. The van der Waals surface area contributed by atoms with Gasteiger partial charge in [0.2, 0.25) is 0 Å². The lowest BCUT2D eigenvalue weighted by atomic mass is 10.0. The van der Waals surface area contributed by atoms with Gasteiger partial charge in [0.1, 0.15) is 5.75 Å². The molecule has 0 saturated heterocycles. The van der Waals surface area contributed by atoms with Crippen molar-refractivity contribution in [2.45, 2.75) is 19.1 Å². The Morgan fingerprint density at radius 1 is 1.03 bits per heavy atom. The van der Waals surface area contributed by atoms with Gasteiger partial charge in [0.15, 0.2) is 0 Å². The molecule has 0 unspecified atom stereocenters. The predicted octanol–water partition coefficient (Wildman–Crippen LogP) is 5.95. The van der Waals surface area contributed by atoms with E-state index in [1.807, 2.05) is 77.8 Å². The first kappa shape index (κ1) is 21.2. The van der Waals surface area contributed by atoms with Crippen molar-refractivity contribution >= 4 is 17.6 Å². The number of hydrogen-bond acceptors (Lipinski definition) is 2. The molecule has 0 spiro atoms. The van der Waals surface area contributed by atoms with Crippen LogP contribution in [-0.2, 0) is 13.1 Å². The summed E-state index contributed by atoms with van der Waals surface area (Å²) in [5.74, 6) is 0.764. The first-order chi connectivity index (χ1) is 16.1. The van der Waals surface area contributed by atoms with Crippen LogP contribution in [0.25, 0.3) is 5.69 Å². The SMILES string of the molecule is COc1cccc(CNC(=O)N2Cc3ccccc3-n3cccc3[C@@H]2c2cccc(Cl)c2)c1. The molecule has 1 N–H and O–H groups in total. The van der Waals surface area contributed by atoms with Gasteiger partial charge in [-0.2, -0.15) is 0 Å². The highest BCUT2D eigenvalue weighted by Gasteiger charge is 2.32. The Labute approximate surface area is 198 Å². The van der Waals surface area contributed by atoms with Crippen molar-refractivity contribution in [2.24, 2.45) is 0 Å². The number of nitrogens with one attached hydrogen (secondary N) is 1. The highest BCUT2D eigenvalue weighted by molar-refractivity contribution is 6.30. The van der Waals surface area contributed by atoms with E-state index in [-0.39, 0.29) is 12.1 Å². The summed E-state index contributed by atoms with van der Waals surface area (Å²) in [6.07, 6.45) is 2.05. The monoisotopic (exact) mass is 457 g/mol. The van der Waals surface area contributed by atoms with Crippen LogP contribution < -0.4 is 10.1 Å². The van der Waals surface area contributed by atoms with Crippen LogP contribution in [0, 0.1) is 0 Å². The van der Waals surface area contributed by atoms with Crippen LogP contribution in [0.1, 0.15) is 28.4 Å². The lowest BCUT2D eigenvalue weighted by Gasteiger charge is -2.31. The molecule has 5 rings (SSSR count). The van der Waals surface area contributed by atoms with Gasteiger partial charge in [-0.25, -0.2) is 4.79 Å². The second-order valence-corrected chi connectivity index (χ2v) is 8.46. The van der Waals surface area contributed by atoms with Crippen LogP contribution in [0.4, 0.5) is 4.79 Å². The first-order valence-electron chi connectivity index (χ1n) is 10.8. The maximum Gasteiger partial charge on any atom is 0.318 e. The molecule has 2 heterocycles. The van der Waals surface area contributed by atoms with Gasteiger partial charge in [0.25, 0.3) is 0 Å². The van der Waals surface area contributed by atoms with Crippen LogP contribution in [0.15, 0.2) is 91.1 Å². The summed E-state index contributed by atoms with van der Waals surface area (Å²) in [5.41, 5.74) is 5.11. The highest BCUT2D eigenvalue weighted by atomic mass is 35.5. The molecule has 0 radical (unpaired) electrons. The summed E-state index contributed by atoms with van der Waals surface area (Å²) in [7, 11) is 1.64. The minimum absolute atomic E-state index is 0.146. The molecule has 0 saturated carbocycles. The maximum atomic E-state index is 13.6. The van der Waals surface area contributed by atoms with Gasteiger partial charge < -0.3 is 19.5 Å². The molecular formula is C27H24ClN3O2. The Morgan fingerprint density at radius 3 is 2.73 bits per heavy atom. The Kier molecular flexibility index (Phi) is 5.80. The number of carbonyl (C=O) groups is 1. The van der Waals surface area contributed by atoms with Gasteiger partial charge >= 0.3 is 6.03 Å². The third kappa shape index (κ3) is 4.20.